The number of carbonyl (C=O) groups is 1. The Morgan fingerprint density at radius 3 is 2.65 bits per heavy atom. The van der Waals surface area contributed by atoms with Gasteiger partial charge in [0.1, 0.15) is 29.5 Å². The molecule has 1 heterocycles. The van der Waals surface area contributed by atoms with Crippen LogP contribution in [0, 0.1) is 17.2 Å². The summed E-state index contributed by atoms with van der Waals surface area (Å²) in [5.74, 6) is 0.837. The van der Waals surface area contributed by atoms with E-state index in [1.807, 2.05) is 13.0 Å². The third-order valence-corrected chi connectivity index (χ3v) is 4.47. The number of esters is 1. The Bertz CT molecular complexity index is 1100. The highest BCUT2D eigenvalue weighted by Gasteiger charge is 2.21. The van der Waals surface area contributed by atoms with Crippen molar-refractivity contribution in [1.82, 2.24) is 9.97 Å². The maximum Gasteiger partial charge on any atom is 0.341 e. The zero-order chi connectivity index (χ0) is 22.2. The van der Waals surface area contributed by atoms with Crippen LogP contribution in [0.1, 0.15) is 18.9 Å². The van der Waals surface area contributed by atoms with Crippen LogP contribution >= 0.6 is 0 Å². The Morgan fingerprint density at radius 2 is 1.94 bits per heavy atom. The summed E-state index contributed by atoms with van der Waals surface area (Å²) < 4.78 is 21.7. The molecule has 1 unspecified atom stereocenters. The third kappa shape index (κ3) is 5.08. The summed E-state index contributed by atoms with van der Waals surface area (Å²) in [6, 6.07) is 10.6. The lowest BCUT2D eigenvalue weighted by Crippen LogP contribution is -2.12. The van der Waals surface area contributed by atoms with E-state index in [9.17, 15) is 10.1 Å². The maximum atomic E-state index is 12.2. The van der Waals surface area contributed by atoms with Gasteiger partial charge < -0.3 is 18.9 Å². The van der Waals surface area contributed by atoms with E-state index in [0.717, 1.165) is 6.42 Å². The Labute approximate surface area is 180 Å². The van der Waals surface area contributed by atoms with Gasteiger partial charge in [0.15, 0.2) is 0 Å². The summed E-state index contributed by atoms with van der Waals surface area (Å²) in [6.45, 7) is 1.97. The number of methoxy groups -OCH3 is 2. The van der Waals surface area contributed by atoms with Gasteiger partial charge in [-0.25, -0.2) is 14.8 Å². The molecule has 0 amide bonds. The summed E-state index contributed by atoms with van der Waals surface area (Å²) in [6.07, 6.45) is 7.03. The van der Waals surface area contributed by atoms with Crippen molar-refractivity contribution in [1.29, 1.82) is 5.26 Å². The number of para-hydroxylation sites is 1. The maximum absolute atomic E-state index is 12.2. The molecule has 3 rings (SSSR count). The molecule has 1 atom stereocenters. The number of rotatable bonds is 7. The van der Waals surface area contributed by atoms with E-state index in [0.29, 0.717) is 22.6 Å². The van der Waals surface area contributed by atoms with Crippen molar-refractivity contribution in [3.63, 3.8) is 0 Å². The van der Waals surface area contributed by atoms with Gasteiger partial charge in [-0.2, -0.15) is 5.26 Å². The molecule has 0 bridgehead atoms. The zero-order valence-corrected chi connectivity index (χ0v) is 17.4. The number of aromatic nitrogens is 2. The second-order valence-electron chi connectivity index (χ2n) is 6.58. The number of carbonyl (C=O) groups excluding carboxylic acids is 1. The molecular weight excluding hydrogens is 398 g/mol. The number of nitriles is 1. The minimum Gasteiger partial charge on any atom is -0.503 e. The lowest BCUT2D eigenvalue weighted by Gasteiger charge is -2.19. The fourth-order valence-electron chi connectivity index (χ4n) is 2.98. The normalized spacial score (nSPS) is 15.8. The van der Waals surface area contributed by atoms with Crippen LogP contribution in [0.5, 0.6) is 17.5 Å². The third-order valence-electron chi connectivity index (χ3n) is 4.47. The molecule has 2 aromatic rings. The van der Waals surface area contributed by atoms with Crippen molar-refractivity contribution in [3.05, 3.63) is 72.0 Å². The van der Waals surface area contributed by atoms with Gasteiger partial charge in [-0.1, -0.05) is 31.2 Å². The van der Waals surface area contributed by atoms with Crippen molar-refractivity contribution < 1.29 is 23.7 Å². The molecule has 31 heavy (non-hydrogen) atoms. The first kappa shape index (κ1) is 21.6. The summed E-state index contributed by atoms with van der Waals surface area (Å²) in [5.41, 5.74) is 1.12. The molecule has 1 aliphatic rings. The Balaban J connectivity index is 1.90. The average molecular weight is 419 g/mol. The standard InChI is InChI=1S/C23H21N3O5/c1-15-7-6-8-16(12-24)22(15)31-21-11-20(25-14-26-21)30-19-10-5-4-9-17(19)18(13-28-2)23(27)29-3/h4-6,8-11,13-15H,7H2,1-3H3/b18-13+. The molecule has 0 N–H and O–H groups in total. The lowest BCUT2D eigenvalue weighted by molar-refractivity contribution is -0.133. The summed E-state index contributed by atoms with van der Waals surface area (Å²) in [4.78, 5) is 20.4. The van der Waals surface area contributed by atoms with Crippen molar-refractivity contribution in [3.8, 4) is 23.6 Å². The minimum absolute atomic E-state index is 0.0431. The molecule has 0 spiro atoms. The molecule has 1 aliphatic carbocycles. The Hall–Kier alpha value is -4.12. The van der Waals surface area contributed by atoms with Crippen LogP contribution in [-0.2, 0) is 14.3 Å². The second kappa shape index (κ2) is 10.1. The summed E-state index contributed by atoms with van der Waals surface area (Å²) >= 11 is 0. The van der Waals surface area contributed by atoms with Crippen LogP contribution in [0.25, 0.3) is 5.57 Å². The molecular formula is C23H21N3O5. The lowest BCUT2D eigenvalue weighted by atomic mass is 9.96. The SMILES string of the molecule is CO/C=C(/C(=O)OC)c1ccccc1Oc1cc(OC2=C(C#N)C=CCC2C)ncn1. The summed E-state index contributed by atoms with van der Waals surface area (Å²) in [5, 5.41) is 9.35. The number of hydrogen-bond donors (Lipinski definition) is 0. The Morgan fingerprint density at radius 1 is 1.19 bits per heavy atom. The molecule has 1 aromatic heterocycles. The van der Waals surface area contributed by atoms with E-state index < -0.39 is 5.97 Å². The molecule has 158 valence electrons. The molecule has 0 aliphatic heterocycles. The van der Waals surface area contributed by atoms with Gasteiger partial charge in [0, 0.05) is 11.5 Å². The fourth-order valence-corrected chi connectivity index (χ4v) is 2.98. The highest BCUT2D eigenvalue weighted by atomic mass is 16.5. The number of nitrogens with zero attached hydrogens (tertiary/aromatic N) is 3. The topological polar surface area (TPSA) is 104 Å². The van der Waals surface area contributed by atoms with Crippen LogP contribution in [0.2, 0.25) is 0 Å². The van der Waals surface area contributed by atoms with Gasteiger partial charge in [0.2, 0.25) is 11.8 Å². The largest absolute Gasteiger partial charge is 0.503 e. The second-order valence-corrected chi connectivity index (χ2v) is 6.58. The van der Waals surface area contributed by atoms with Crippen molar-refractivity contribution in [2.24, 2.45) is 5.92 Å². The van der Waals surface area contributed by atoms with E-state index >= 15 is 0 Å². The van der Waals surface area contributed by atoms with Crippen molar-refractivity contribution in [2.45, 2.75) is 13.3 Å². The Kier molecular flexibility index (Phi) is 7.01. The molecule has 0 radical (unpaired) electrons. The van der Waals surface area contributed by atoms with Gasteiger partial charge in [0.05, 0.1) is 32.1 Å². The first-order valence-electron chi connectivity index (χ1n) is 9.46. The first-order valence-corrected chi connectivity index (χ1v) is 9.46. The summed E-state index contributed by atoms with van der Waals surface area (Å²) in [7, 11) is 2.72. The van der Waals surface area contributed by atoms with E-state index in [1.165, 1.54) is 32.9 Å². The smallest absolute Gasteiger partial charge is 0.341 e. The molecule has 8 heteroatoms. The molecule has 8 nitrogen and oxygen atoms in total. The predicted molar refractivity (Wildman–Crippen MR) is 112 cm³/mol. The van der Waals surface area contributed by atoms with Gasteiger partial charge in [-0.3, -0.25) is 0 Å². The monoisotopic (exact) mass is 419 g/mol. The number of ether oxygens (including phenoxy) is 4. The van der Waals surface area contributed by atoms with Gasteiger partial charge >= 0.3 is 5.97 Å². The van der Waals surface area contributed by atoms with Crippen molar-refractivity contribution >= 4 is 11.5 Å². The van der Waals surface area contributed by atoms with E-state index in [2.05, 4.69) is 16.0 Å². The molecule has 0 saturated carbocycles. The van der Waals surface area contributed by atoms with E-state index in [-0.39, 0.29) is 23.3 Å². The van der Waals surface area contributed by atoms with E-state index in [1.54, 1.807) is 30.3 Å². The number of hydrogen-bond acceptors (Lipinski definition) is 8. The van der Waals surface area contributed by atoms with Gasteiger partial charge in [0.25, 0.3) is 0 Å². The predicted octanol–water partition coefficient (Wildman–Crippen LogP) is 4.18. The first-order chi connectivity index (χ1) is 15.1. The highest BCUT2D eigenvalue weighted by molar-refractivity contribution is 6.17. The molecule has 0 fully saturated rings. The minimum atomic E-state index is -0.570. The van der Waals surface area contributed by atoms with Crippen LogP contribution in [-0.4, -0.2) is 30.2 Å². The quantitative estimate of drug-likeness (QED) is 0.374. The molecule has 1 aromatic carbocycles. The van der Waals surface area contributed by atoms with Crippen LogP contribution in [0.4, 0.5) is 0 Å². The zero-order valence-electron chi connectivity index (χ0n) is 17.4. The van der Waals surface area contributed by atoms with Crippen LogP contribution < -0.4 is 9.47 Å². The fraction of sp³-hybridized carbons (Fsp3) is 0.217. The average Bonchev–Trinajstić information content (AvgIpc) is 2.79. The molecule has 0 saturated heterocycles. The number of allylic oxidation sites excluding steroid dienone is 4. The van der Waals surface area contributed by atoms with Gasteiger partial charge in [-0.15, -0.1) is 0 Å². The van der Waals surface area contributed by atoms with E-state index in [4.69, 9.17) is 18.9 Å². The van der Waals surface area contributed by atoms with Gasteiger partial charge in [-0.05, 0) is 18.6 Å². The van der Waals surface area contributed by atoms with Crippen molar-refractivity contribution in [2.75, 3.05) is 14.2 Å². The van der Waals surface area contributed by atoms with Crippen LogP contribution in [0.3, 0.4) is 0 Å². The van der Waals surface area contributed by atoms with Crippen LogP contribution in [0.15, 0.2) is 66.4 Å². The number of benzene rings is 1. The highest BCUT2D eigenvalue weighted by Crippen LogP contribution is 2.32.